The molecule has 1 aromatic heterocycles. The van der Waals surface area contributed by atoms with E-state index >= 15 is 0 Å². The summed E-state index contributed by atoms with van der Waals surface area (Å²) in [6.45, 7) is 2.84. The molecule has 0 bridgehead atoms. The van der Waals surface area contributed by atoms with E-state index in [-0.39, 0.29) is 12.6 Å². The van der Waals surface area contributed by atoms with Crippen molar-refractivity contribution in [2.45, 2.75) is 25.9 Å². The zero-order valence-electron chi connectivity index (χ0n) is 7.57. The normalized spacial score (nSPS) is 13.2. The number of hydrogen-bond donors (Lipinski definition) is 2. The predicted octanol–water partition coefficient (Wildman–Crippen LogP) is 0.939. The molecule has 5 heteroatoms. The van der Waals surface area contributed by atoms with Gasteiger partial charge in [0.25, 0.3) is 0 Å². The van der Waals surface area contributed by atoms with E-state index in [4.69, 9.17) is 22.4 Å². The van der Waals surface area contributed by atoms with Crippen molar-refractivity contribution in [3.05, 3.63) is 17.2 Å². The maximum absolute atomic E-state index is 8.74. The SMILES string of the molecule is CCn1cnc(Cl)c1C(N)CCO. The quantitative estimate of drug-likeness (QED) is 0.766. The largest absolute Gasteiger partial charge is 0.396 e. The van der Waals surface area contributed by atoms with Crippen molar-refractivity contribution in [1.82, 2.24) is 9.55 Å². The number of aryl methyl sites for hydroxylation is 1. The molecule has 0 aliphatic rings. The van der Waals surface area contributed by atoms with Crippen molar-refractivity contribution in [2.24, 2.45) is 5.73 Å². The Bertz CT molecular complexity index is 274. The molecule has 0 aliphatic heterocycles. The molecule has 1 atom stereocenters. The third kappa shape index (κ3) is 2.21. The molecule has 0 spiro atoms. The van der Waals surface area contributed by atoms with Crippen molar-refractivity contribution in [1.29, 1.82) is 0 Å². The third-order valence-corrected chi connectivity index (χ3v) is 2.25. The van der Waals surface area contributed by atoms with E-state index < -0.39 is 0 Å². The van der Waals surface area contributed by atoms with E-state index in [9.17, 15) is 0 Å². The highest BCUT2D eigenvalue weighted by atomic mass is 35.5. The average Bonchev–Trinajstić information content (AvgIpc) is 2.47. The lowest BCUT2D eigenvalue weighted by atomic mass is 10.2. The molecule has 4 nitrogen and oxygen atoms in total. The molecule has 1 aromatic rings. The second kappa shape index (κ2) is 4.60. The Morgan fingerprint density at radius 2 is 2.46 bits per heavy atom. The first-order valence-electron chi connectivity index (χ1n) is 4.27. The summed E-state index contributed by atoms with van der Waals surface area (Å²) >= 11 is 5.86. The number of aromatic nitrogens is 2. The van der Waals surface area contributed by atoms with Crippen LogP contribution in [0, 0.1) is 0 Å². The van der Waals surface area contributed by atoms with Gasteiger partial charge in [0.15, 0.2) is 5.15 Å². The van der Waals surface area contributed by atoms with Crippen LogP contribution in [0.4, 0.5) is 0 Å². The van der Waals surface area contributed by atoms with Gasteiger partial charge in [0, 0.05) is 13.2 Å². The van der Waals surface area contributed by atoms with Crippen molar-refractivity contribution < 1.29 is 5.11 Å². The summed E-state index contributed by atoms with van der Waals surface area (Å²) in [6, 6.07) is -0.236. The van der Waals surface area contributed by atoms with Gasteiger partial charge in [-0.15, -0.1) is 0 Å². The summed E-state index contributed by atoms with van der Waals surface area (Å²) in [5.41, 5.74) is 6.63. The third-order valence-electron chi connectivity index (χ3n) is 1.96. The number of rotatable bonds is 4. The van der Waals surface area contributed by atoms with E-state index in [1.807, 2.05) is 11.5 Å². The number of hydrogen-bond acceptors (Lipinski definition) is 3. The Morgan fingerprint density at radius 1 is 1.77 bits per heavy atom. The lowest BCUT2D eigenvalue weighted by Gasteiger charge is -2.12. The number of nitrogens with two attached hydrogens (primary N) is 1. The molecular formula is C8H14ClN3O. The van der Waals surface area contributed by atoms with Crippen LogP contribution in [-0.2, 0) is 6.54 Å². The molecule has 0 saturated carbocycles. The van der Waals surface area contributed by atoms with Crippen molar-refractivity contribution in [3.63, 3.8) is 0 Å². The van der Waals surface area contributed by atoms with Crippen LogP contribution in [0.15, 0.2) is 6.33 Å². The predicted molar refractivity (Wildman–Crippen MR) is 51.5 cm³/mol. The van der Waals surface area contributed by atoms with E-state index in [0.29, 0.717) is 11.6 Å². The van der Waals surface area contributed by atoms with Gasteiger partial charge in [-0.2, -0.15) is 0 Å². The lowest BCUT2D eigenvalue weighted by Crippen LogP contribution is -2.16. The van der Waals surface area contributed by atoms with Crippen molar-refractivity contribution in [3.8, 4) is 0 Å². The van der Waals surface area contributed by atoms with Crippen LogP contribution >= 0.6 is 11.6 Å². The molecular weight excluding hydrogens is 190 g/mol. The highest BCUT2D eigenvalue weighted by Crippen LogP contribution is 2.21. The summed E-state index contributed by atoms with van der Waals surface area (Å²) in [5, 5.41) is 9.17. The van der Waals surface area contributed by atoms with Crippen LogP contribution < -0.4 is 5.73 Å². The van der Waals surface area contributed by atoms with E-state index in [1.54, 1.807) is 6.33 Å². The van der Waals surface area contributed by atoms with Gasteiger partial charge in [-0.1, -0.05) is 11.6 Å². The summed E-state index contributed by atoms with van der Waals surface area (Å²) in [5.74, 6) is 0. The minimum Gasteiger partial charge on any atom is -0.396 e. The van der Waals surface area contributed by atoms with Crippen molar-refractivity contribution >= 4 is 11.6 Å². The Labute approximate surface area is 82.3 Å². The Hall–Kier alpha value is -0.580. The van der Waals surface area contributed by atoms with Gasteiger partial charge in [0.1, 0.15) is 0 Å². The summed E-state index contributed by atoms with van der Waals surface area (Å²) < 4.78 is 1.89. The number of nitrogens with zero attached hydrogens (tertiary/aromatic N) is 2. The standard InChI is InChI=1S/C8H14ClN3O/c1-2-12-5-11-8(9)7(12)6(10)3-4-13/h5-6,13H,2-4,10H2,1H3. The molecule has 3 N–H and O–H groups in total. The average molecular weight is 204 g/mol. The number of imidazole rings is 1. The van der Waals surface area contributed by atoms with Gasteiger partial charge in [-0.25, -0.2) is 4.98 Å². The van der Waals surface area contributed by atoms with Gasteiger partial charge in [0.05, 0.1) is 18.1 Å². The Morgan fingerprint density at radius 3 is 3.00 bits per heavy atom. The van der Waals surface area contributed by atoms with Gasteiger partial charge in [-0.05, 0) is 13.3 Å². The van der Waals surface area contributed by atoms with Crippen molar-refractivity contribution in [2.75, 3.05) is 6.61 Å². The Balaban J connectivity index is 2.89. The number of halogens is 1. The zero-order chi connectivity index (χ0) is 9.84. The van der Waals surface area contributed by atoms with Crippen LogP contribution in [0.3, 0.4) is 0 Å². The molecule has 0 amide bonds. The van der Waals surface area contributed by atoms with E-state index in [2.05, 4.69) is 4.98 Å². The van der Waals surface area contributed by atoms with Crippen LogP contribution in [0.1, 0.15) is 25.1 Å². The lowest BCUT2D eigenvalue weighted by molar-refractivity contribution is 0.274. The monoisotopic (exact) mass is 203 g/mol. The van der Waals surface area contributed by atoms with Crippen LogP contribution in [0.2, 0.25) is 5.15 Å². The first-order chi connectivity index (χ1) is 6.20. The molecule has 1 unspecified atom stereocenters. The van der Waals surface area contributed by atoms with Crippen LogP contribution in [0.25, 0.3) is 0 Å². The van der Waals surface area contributed by atoms with Gasteiger partial charge < -0.3 is 15.4 Å². The minimum atomic E-state index is -0.236. The highest BCUT2D eigenvalue weighted by molar-refractivity contribution is 6.30. The van der Waals surface area contributed by atoms with Crippen LogP contribution in [0.5, 0.6) is 0 Å². The number of aliphatic hydroxyl groups is 1. The van der Waals surface area contributed by atoms with E-state index in [1.165, 1.54) is 0 Å². The zero-order valence-corrected chi connectivity index (χ0v) is 8.33. The maximum atomic E-state index is 8.74. The minimum absolute atomic E-state index is 0.0619. The molecule has 0 fully saturated rings. The molecule has 74 valence electrons. The number of aliphatic hydroxyl groups excluding tert-OH is 1. The van der Waals surface area contributed by atoms with E-state index in [0.717, 1.165) is 12.2 Å². The smallest absolute Gasteiger partial charge is 0.151 e. The maximum Gasteiger partial charge on any atom is 0.151 e. The second-order valence-electron chi connectivity index (χ2n) is 2.83. The molecule has 1 heterocycles. The fraction of sp³-hybridized carbons (Fsp3) is 0.625. The van der Waals surface area contributed by atoms with Gasteiger partial charge in [-0.3, -0.25) is 0 Å². The summed E-state index contributed by atoms with van der Waals surface area (Å²) in [4.78, 5) is 3.96. The summed E-state index contributed by atoms with van der Waals surface area (Å²) in [6.07, 6.45) is 2.17. The molecule has 13 heavy (non-hydrogen) atoms. The molecule has 0 radical (unpaired) electrons. The fourth-order valence-corrected chi connectivity index (χ4v) is 1.55. The topological polar surface area (TPSA) is 64.1 Å². The Kier molecular flexibility index (Phi) is 3.71. The first-order valence-corrected chi connectivity index (χ1v) is 4.65. The molecule has 1 rings (SSSR count). The molecule has 0 aliphatic carbocycles. The molecule has 0 saturated heterocycles. The first kappa shape index (κ1) is 10.5. The second-order valence-corrected chi connectivity index (χ2v) is 3.18. The molecule has 0 aromatic carbocycles. The van der Waals surface area contributed by atoms with Crippen LogP contribution in [-0.4, -0.2) is 21.3 Å². The highest BCUT2D eigenvalue weighted by Gasteiger charge is 2.15. The van der Waals surface area contributed by atoms with Gasteiger partial charge in [0.2, 0.25) is 0 Å². The fourth-order valence-electron chi connectivity index (χ4n) is 1.26. The van der Waals surface area contributed by atoms with Gasteiger partial charge >= 0.3 is 0 Å². The summed E-state index contributed by atoms with van der Waals surface area (Å²) in [7, 11) is 0.